The zero-order valence-electron chi connectivity index (χ0n) is 18.3. The molecular weight excluding hydrogens is 564 g/mol. The molecule has 0 radical (unpaired) electrons. The van der Waals surface area contributed by atoms with Crippen LogP contribution in [-0.4, -0.2) is 0 Å². The minimum absolute atomic E-state index is 0. The van der Waals surface area contributed by atoms with Gasteiger partial charge in [-0.25, -0.2) is 0 Å². The van der Waals surface area contributed by atoms with E-state index < -0.39 is 0 Å². The maximum Gasteiger partial charge on any atom is 0.265 e. The van der Waals surface area contributed by atoms with E-state index in [4.69, 9.17) is 0 Å². The highest BCUT2D eigenvalue weighted by Crippen LogP contribution is 2.39. The van der Waals surface area contributed by atoms with Crippen LogP contribution >= 0.6 is 22.7 Å². The highest BCUT2D eigenvalue weighted by molar-refractivity contribution is 7.19. The van der Waals surface area contributed by atoms with Crippen molar-refractivity contribution in [1.82, 2.24) is 0 Å². The Morgan fingerprint density at radius 1 is 0.656 bits per heavy atom. The Morgan fingerprint density at radius 3 is 1.50 bits per heavy atom. The standard InChI is InChI=1S/C26H26N2S2.2BrH/c1-17-13-15-27-21-7-3-5-9-23(21)29-25(27)19(17)11-12-20-18(2)14-16-28-22-8-4-6-10-24(22)30-26(20)28;;/h3-10H,11-16H2,1-2H3;2*1H/q+2;;/p-2. The van der Waals surface area contributed by atoms with Crippen LogP contribution in [0.3, 0.4) is 0 Å². The maximum atomic E-state index is 2.56. The van der Waals surface area contributed by atoms with Crippen LogP contribution in [0.15, 0.2) is 59.7 Å². The third kappa shape index (κ3) is 3.83. The number of halogens is 2. The summed E-state index contributed by atoms with van der Waals surface area (Å²) in [7, 11) is 0. The van der Waals surface area contributed by atoms with Gasteiger partial charge in [0, 0.05) is 36.1 Å². The van der Waals surface area contributed by atoms with Gasteiger partial charge in [-0.05, 0) is 38.8 Å². The first-order chi connectivity index (χ1) is 14.7. The molecule has 2 aromatic heterocycles. The third-order valence-electron chi connectivity index (χ3n) is 6.81. The summed E-state index contributed by atoms with van der Waals surface area (Å²) in [6.45, 7) is 6.94. The molecule has 0 bridgehead atoms. The summed E-state index contributed by atoms with van der Waals surface area (Å²) in [5.41, 5.74) is 9.14. The van der Waals surface area contributed by atoms with Gasteiger partial charge < -0.3 is 34.0 Å². The van der Waals surface area contributed by atoms with Gasteiger partial charge >= 0.3 is 0 Å². The quantitative estimate of drug-likeness (QED) is 0.308. The zero-order valence-corrected chi connectivity index (χ0v) is 23.1. The number of aryl methyl sites for hydroxylation is 2. The van der Waals surface area contributed by atoms with Crippen molar-refractivity contribution in [2.45, 2.75) is 52.6 Å². The van der Waals surface area contributed by atoms with Crippen molar-refractivity contribution in [2.75, 3.05) is 0 Å². The summed E-state index contributed by atoms with van der Waals surface area (Å²) in [6.07, 6.45) is 4.63. The molecule has 2 aromatic carbocycles. The number of aromatic nitrogens is 2. The smallest absolute Gasteiger partial charge is 0.265 e. The van der Waals surface area contributed by atoms with Crippen molar-refractivity contribution in [1.29, 1.82) is 0 Å². The zero-order chi connectivity index (χ0) is 20.2. The maximum absolute atomic E-state index is 2.56. The van der Waals surface area contributed by atoms with Crippen molar-refractivity contribution in [3.05, 3.63) is 69.7 Å². The molecule has 0 spiro atoms. The Bertz CT molecular complexity index is 1270. The van der Waals surface area contributed by atoms with E-state index in [9.17, 15) is 0 Å². The molecule has 2 nitrogen and oxygen atoms in total. The second-order valence-corrected chi connectivity index (χ2v) is 10.6. The Balaban J connectivity index is 0.00000122. The molecule has 166 valence electrons. The lowest BCUT2D eigenvalue weighted by Gasteiger charge is -2.17. The van der Waals surface area contributed by atoms with Gasteiger partial charge in [-0.3, -0.25) is 0 Å². The molecule has 0 N–H and O–H groups in total. The normalized spacial score (nSPS) is 15.4. The van der Waals surface area contributed by atoms with Crippen LogP contribution < -0.4 is 43.1 Å². The van der Waals surface area contributed by atoms with Gasteiger partial charge in [0.05, 0.1) is 0 Å². The number of thiazole rings is 2. The average Bonchev–Trinajstić information content (AvgIpc) is 3.32. The molecule has 6 heteroatoms. The molecule has 0 saturated heterocycles. The van der Waals surface area contributed by atoms with Crippen LogP contribution in [0.1, 0.15) is 49.5 Å². The lowest BCUT2D eigenvalue weighted by Crippen LogP contribution is -3.00. The number of hydrogen-bond acceptors (Lipinski definition) is 2. The van der Waals surface area contributed by atoms with Gasteiger partial charge in [0.1, 0.15) is 9.40 Å². The SMILES string of the molecule is CC1=C(CCC2=C(C)CC[n+]3c2sc2ccccc23)c2sc3ccccc3[n+]2CC1.[Br-].[Br-]. The van der Waals surface area contributed by atoms with Gasteiger partial charge in [-0.1, -0.05) is 58.1 Å². The van der Waals surface area contributed by atoms with E-state index in [1.807, 2.05) is 22.7 Å². The van der Waals surface area contributed by atoms with E-state index in [1.165, 1.54) is 43.3 Å². The Morgan fingerprint density at radius 2 is 1.06 bits per heavy atom. The number of hydrogen-bond donors (Lipinski definition) is 0. The van der Waals surface area contributed by atoms with Crippen molar-refractivity contribution in [2.24, 2.45) is 0 Å². The first kappa shape index (κ1) is 23.8. The van der Waals surface area contributed by atoms with E-state index >= 15 is 0 Å². The second kappa shape index (κ2) is 9.49. The molecule has 32 heavy (non-hydrogen) atoms. The first-order valence-electron chi connectivity index (χ1n) is 10.9. The number of rotatable bonds is 3. The summed E-state index contributed by atoms with van der Waals surface area (Å²) in [4.78, 5) is 0. The average molecular weight is 590 g/mol. The molecule has 2 aliphatic rings. The van der Waals surface area contributed by atoms with E-state index in [0.29, 0.717) is 0 Å². The fourth-order valence-corrected chi connectivity index (χ4v) is 7.75. The van der Waals surface area contributed by atoms with Gasteiger partial charge in [0.2, 0.25) is 11.0 Å². The lowest BCUT2D eigenvalue weighted by molar-refractivity contribution is -0.670. The summed E-state index contributed by atoms with van der Waals surface area (Å²) < 4.78 is 7.94. The summed E-state index contributed by atoms with van der Waals surface area (Å²) in [6, 6.07) is 17.8. The van der Waals surface area contributed by atoms with Crippen molar-refractivity contribution < 1.29 is 43.1 Å². The number of nitrogens with zero attached hydrogens (tertiary/aromatic N) is 2. The molecule has 0 unspecified atom stereocenters. The number of allylic oxidation sites excluding steroid dienone is 4. The highest BCUT2D eigenvalue weighted by atomic mass is 79.9. The number of fused-ring (bicyclic) bond motifs is 6. The van der Waals surface area contributed by atoms with Crippen molar-refractivity contribution in [3.8, 4) is 0 Å². The van der Waals surface area contributed by atoms with Crippen LogP contribution in [0.2, 0.25) is 0 Å². The fourth-order valence-electron chi connectivity index (χ4n) is 5.08. The van der Waals surface area contributed by atoms with Crippen LogP contribution in [0.5, 0.6) is 0 Å². The van der Waals surface area contributed by atoms with E-state index in [-0.39, 0.29) is 34.0 Å². The monoisotopic (exact) mass is 588 g/mol. The predicted octanol–water partition coefficient (Wildman–Crippen LogP) is 0.534. The van der Waals surface area contributed by atoms with E-state index in [0.717, 1.165) is 25.9 Å². The molecule has 4 heterocycles. The molecule has 0 aliphatic carbocycles. The summed E-state index contributed by atoms with van der Waals surface area (Å²) in [5.74, 6) is 0. The largest absolute Gasteiger partial charge is 1.00 e. The highest BCUT2D eigenvalue weighted by Gasteiger charge is 2.32. The first-order valence-corrected chi connectivity index (χ1v) is 12.5. The van der Waals surface area contributed by atoms with Gasteiger partial charge in [-0.2, -0.15) is 9.13 Å². The second-order valence-electron chi connectivity index (χ2n) is 8.57. The summed E-state index contributed by atoms with van der Waals surface area (Å²) in [5, 5.41) is 2.97. The summed E-state index contributed by atoms with van der Waals surface area (Å²) >= 11 is 3.95. The Hall–Kier alpha value is -1.34. The molecule has 6 rings (SSSR count). The van der Waals surface area contributed by atoms with Crippen molar-refractivity contribution >= 4 is 54.3 Å². The molecule has 0 amide bonds. The number of benzene rings is 2. The van der Waals surface area contributed by atoms with Gasteiger partial charge in [0.25, 0.3) is 10.0 Å². The topological polar surface area (TPSA) is 7.76 Å². The van der Waals surface area contributed by atoms with Crippen molar-refractivity contribution in [3.63, 3.8) is 0 Å². The molecular formula is C26H26Br2N2S2. The van der Waals surface area contributed by atoms with Gasteiger partial charge in [-0.15, -0.1) is 0 Å². The lowest BCUT2D eigenvalue weighted by atomic mass is 9.93. The minimum atomic E-state index is 0. The van der Waals surface area contributed by atoms with Crippen LogP contribution in [0.25, 0.3) is 31.6 Å². The van der Waals surface area contributed by atoms with E-state index in [2.05, 4.69) is 71.5 Å². The van der Waals surface area contributed by atoms with E-state index in [1.54, 1.807) is 22.3 Å². The van der Waals surface area contributed by atoms with Gasteiger partial charge in [0.15, 0.2) is 13.1 Å². The predicted molar refractivity (Wildman–Crippen MR) is 128 cm³/mol. The molecule has 0 saturated carbocycles. The van der Waals surface area contributed by atoms with Crippen LogP contribution in [0.4, 0.5) is 0 Å². The fraction of sp³-hybridized carbons (Fsp3) is 0.308. The third-order valence-corrected chi connectivity index (χ3v) is 9.26. The Labute approximate surface area is 218 Å². The molecule has 0 fully saturated rings. The molecule has 0 atom stereocenters. The molecule has 2 aliphatic heterocycles. The molecule has 4 aromatic rings. The number of para-hydroxylation sites is 2. The minimum Gasteiger partial charge on any atom is -1.00 e. The van der Waals surface area contributed by atoms with Crippen LogP contribution in [0, 0.1) is 0 Å². The Kier molecular flexibility index (Phi) is 7.06. The van der Waals surface area contributed by atoms with Crippen LogP contribution in [-0.2, 0) is 13.1 Å².